The lowest BCUT2D eigenvalue weighted by molar-refractivity contribution is -0.0712. The highest BCUT2D eigenvalue weighted by Gasteiger charge is 2.40. The van der Waals surface area contributed by atoms with E-state index in [0.717, 1.165) is 11.0 Å². The van der Waals surface area contributed by atoms with Crippen molar-refractivity contribution >= 4 is 5.82 Å². The van der Waals surface area contributed by atoms with Crippen LogP contribution in [0.5, 0.6) is 0 Å². The number of ether oxygens (including phenoxy) is 1. The predicted molar refractivity (Wildman–Crippen MR) is 67.2 cm³/mol. The third-order valence-corrected chi connectivity index (χ3v) is 3.22. The van der Waals surface area contributed by atoms with Crippen molar-refractivity contribution in [2.24, 2.45) is 0 Å². The summed E-state index contributed by atoms with van der Waals surface area (Å²) in [5, 5.41) is 9.83. The third-order valence-electron chi connectivity index (χ3n) is 3.22. The molecule has 2 rings (SSSR count). The van der Waals surface area contributed by atoms with E-state index in [2.05, 4.69) is 4.98 Å². The van der Waals surface area contributed by atoms with Gasteiger partial charge in [-0.2, -0.15) is 4.98 Å². The van der Waals surface area contributed by atoms with E-state index in [1.165, 1.54) is 12.3 Å². The molecule has 0 saturated carbocycles. The van der Waals surface area contributed by atoms with Crippen LogP contribution in [0.15, 0.2) is 17.1 Å². The van der Waals surface area contributed by atoms with E-state index < -0.39 is 30.3 Å². The number of aliphatic hydroxyl groups is 1. The highest BCUT2D eigenvalue weighted by Crippen LogP contribution is 2.32. The molecule has 1 unspecified atom stereocenters. The van der Waals surface area contributed by atoms with Gasteiger partial charge >= 0.3 is 5.69 Å². The number of aromatic nitrogens is 2. The zero-order valence-electron chi connectivity index (χ0n) is 10.7. The molecule has 2 heterocycles. The Morgan fingerprint density at radius 2 is 2.47 bits per heavy atom. The Balaban J connectivity index is 2.15. The summed E-state index contributed by atoms with van der Waals surface area (Å²) in [6.45, 7) is 1.93. The van der Waals surface area contributed by atoms with Gasteiger partial charge in [0.25, 0.3) is 0 Å². The normalized spacial score (nSPS) is 28.5. The highest BCUT2D eigenvalue weighted by atomic mass is 19.1. The molecule has 0 amide bonds. The van der Waals surface area contributed by atoms with Gasteiger partial charge in [-0.15, -0.1) is 0 Å². The summed E-state index contributed by atoms with van der Waals surface area (Å²) in [5.41, 5.74) is 4.72. The number of halogens is 1. The molecule has 0 radical (unpaired) electrons. The van der Waals surface area contributed by atoms with Crippen LogP contribution in [0.25, 0.3) is 0 Å². The lowest BCUT2D eigenvalue weighted by Gasteiger charge is -2.19. The fourth-order valence-corrected chi connectivity index (χ4v) is 2.25. The summed E-state index contributed by atoms with van der Waals surface area (Å²) in [6.07, 6.45) is -0.948. The minimum Gasteiger partial charge on any atom is -0.390 e. The second-order valence-corrected chi connectivity index (χ2v) is 4.72. The maximum Gasteiger partial charge on any atom is 0.351 e. The van der Waals surface area contributed by atoms with Gasteiger partial charge in [0, 0.05) is 12.6 Å². The molecule has 0 bridgehead atoms. The van der Waals surface area contributed by atoms with Gasteiger partial charge in [0.05, 0.1) is 12.2 Å². The fraction of sp³-hybridized carbons (Fsp3) is 0.667. The van der Waals surface area contributed by atoms with Crippen molar-refractivity contribution in [3.05, 3.63) is 22.7 Å². The Bertz CT molecular complexity index is 493. The predicted octanol–water partition coefficient (Wildman–Crippen LogP) is 0.612. The first-order valence-electron chi connectivity index (χ1n) is 6.35. The molecular weight excluding hydrogens is 253 g/mol. The summed E-state index contributed by atoms with van der Waals surface area (Å²) in [5.74, 6) is 0.0808. The molecule has 106 valence electrons. The molecule has 7 heteroatoms. The van der Waals surface area contributed by atoms with E-state index in [4.69, 9.17) is 10.5 Å². The van der Waals surface area contributed by atoms with E-state index in [0.29, 0.717) is 6.42 Å². The van der Waals surface area contributed by atoms with Crippen molar-refractivity contribution in [2.45, 2.75) is 50.8 Å². The number of anilines is 1. The second kappa shape index (κ2) is 5.66. The molecule has 0 spiro atoms. The Kier molecular flexibility index (Phi) is 4.16. The summed E-state index contributed by atoms with van der Waals surface area (Å²) < 4.78 is 20.5. The molecule has 1 aliphatic rings. The third kappa shape index (κ3) is 2.93. The van der Waals surface area contributed by atoms with Crippen molar-refractivity contribution in [3.8, 4) is 0 Å². The average Bonchev–Trinajstić information content (AvgIpc) is 2.72. The van der Waals surface area contributed by atoms with Gasteiger partial charge < -0.3 is 15.6 Å². The Hall–Kier alpha value is -1.47. The van der Waals surface area contributed by atoms with Crippen molar-refractivity contribution in [1.82, 2.24) is 9.55 Å². The molecule has 19 heavy (non-hydrogen) atoms. The maximum atomic E-state index is 14.0. The molecule has 1 aliphatic heterocycles. The molecular formula is C12H18FN3O3. The molecule has 1 saturated heterocycles. The van der Waals surface area contributed by atoms with Crippen LogP contribution in [0.1, 0.15) is 32.4 Å². The zero-order valence-corrected chi connectivity index (χ0v) is 10.7. The largest absolute Gasteiger partial charge is 0.390 e. The summed E-state index contributed by atoms with van der Waals surface area (Å²) >= 11 is 0. The Morgan fingerprint density at radius 1 is 1.74 bits per heavy atom. The van der Waals surface area contributed by atoms with Gasteiger partial charge in [-0.1, -0.05) is 13.3 Å². The first-order chi connectivity index (χ1) is 9.02. The molecule has 0 aliphatic carbocycles. The topological polar surface area (TPSA) is 90.4 Å². The van der Waals surface area contributed by atoms with Crippen LogP contribution in [0.2, 0.25) is 0 Å². The Labute approximate surface area is 110 Å². The molecule has 1 aromatic rings. The van der Waals surface area contributed by atoms with Gasteiger partial charge in [-0.05, 0) is 12.5 Å². The van der Waals surface area contributed by atoms with Crippen LogP contribution in [0, 0.1) is 0 Å². The van der Waals surface area contributed by atoms with Gasteiger partial charge in [0.1, 0.15) is 12.0 Å². The fourth-order valence-electron chi connectivity index (χ4n) is 2.25. The van der Waals surface area contributed by atoms with Crippen molar-refractivity contribution < 1.29 is 14.2 Å². The Morgan fingerprint density at radius 3 is 3.11 bits per heavy atom. The maximum absolute atomic E-state index is 14.0. The number of hydrogen-bond donors (Lipinski definition) is 2. The lowest BCUT2D eigenvalue weighted by Crippen LogP contribution is -2.31. The van der Waals surface area contributed by atoms with E-state index in [1.54, 1.807) is 0 Å². The monoisotopic (exact) mass is 271 g/mol. The molecule has 4 atom stereocenters. The minimum atomic E-state index is -1.35. The minimum absolute atomic E-state index is 0.0721. The van der Waals surface area contributed by atoms with Gasteiger partial charge in [0.2, 0.25) is 0 Å². The number of rotatable bonds is 4. The molecule has 6 nitrogen and oxygen atoms in total. The quantitative estimate of drug-likeness (QED) is 0.837. The SMILES string of the molecule is CCC[C@H](O)C1C[C@H](F)[C@H](n2ccc(N)nc2=O)O1. The van der Waals surface area contributed by atoms with Crippen molar-refractivity contribution in [3.63, 3.8) is 0 Å². The highest BCUT2D eigenvalue weighted by molar-refractivity contribution is 5.23. The van der Waals surface area contributed by atoms with Gasteiger partial charge in [-0.3, -0.25) is 4.57 Å². The molecule has 0 aromatic carbocycles. The summed E-state index contributed by atoms with van der Waals surface area (Å²) in [6, 6.07) is 1.41. The number of aliphatic hydroxyl groups excluding tert-OH is 1. The van der Waals surface area contributed by atoms with Crippen LogP contribution < -0.4 is 11.4 Å². The first kappa shape index (κ1) is 14.0. The summed E-state index contributed by atoms with van der Waals surface area (Å²) in [7, 11) is 0. The molecule has 1 aromatic heterocycles. The lowest BCUT2D eigenvalue weighted by atomic mass is 10.1. The number of nitrogen functional groups attached to an aromatic ring is 1. The van der Waals surface area contributed by atoms with Gasteiger partial charge in [0.15, 0.2) is 6.23 Å². The van der Waals surface area contributed by atoms with Crippen molar-refractivity contribution in [1.29, 1.82) is 0 Å². The standard InChI is InChI=1S/C12H18FN3O3/c1-2-3-8(17)9-6-7(13)11(19-9)16-5-4-10(14)15-12(16)18/h4-5,7-9,11,17H,2-3,6H2,1H3,(H2,14,15,18)/t7-,8-,9?,11+/m0/s1. The first-order valence-corrected chi connectivity index (χ1v) is 6.35. The zero-order chi connectivity index (χ0) is 14.0. The van der Waals surface area contributed by atoms with Crippen molar-refractivity contribution in [2.75, 3.05) is 5.73 Å². The average molecular weight is 271 g/mol. The van der Waals surface area contributed by atoms with E-state index in [-0.39, 0.29) is 12.2 Å². The number of alkyl halides is 1. The second-order valence-electron chi connectivity index (χ2n) is 4.72. The van der Waals surface area contributed by atoms with E-state index in [9.17, 15) is 14.3 Å². The smallest absolute Gasteiger partial charge is 0.351 e. The summed E-state index contributed by atoms with van der Waals surface area (Å²) in [4.78, 5) is 15.2. The van der Waals surface area contributed by atoms with Crippen LogP contribution in [0.3, 0.4) is 0 Å². The van der Waals surface area contributed by atoms with Crippen LogP contribution in [0.4, 0.5) is 10.2 Å². The van der Waals surface area contributed by atoms with Gasteiger partial charge in [-0.25, -0.2) is 9.18 Å². The van der Waals surface area contributed by atoms with Crippen LogP contribution in [-0.2, 0) is 4.74 Å². The van der Waals surface area contributed by atoms with E-state index >= 15 is 0 Å². The molecule has 3 N–H and O–H groups in total. The van der Waals surface area contributed by atoms with E-state index in [1.807, 2.05) is 6.92 Å². The number of nitrogens with two attached hydrogens (primary N) is 1. The van der Waals surface area contributed by atoms with Crippen LogP contribution in [-0.4, -0.2) is 33.0 Å². The number of nitrogens with zero attached hydrogens (tertiary/aromatic N) is 2. The number of hydrogen-bond acceptors (Lipinski definition) is 5. The van der Waals surface area contributed by atoms with Crippen LogP contribution >= 0.6 is 0 Å². The molecule has 1 fully saturated rings.